The van der Waals surface area contributed by atoms with Crippen LogP contribution >= 0.6 is 11.3 Å². The fraction of sp³-hybridized carbons (Fsp3) is 0.216. The molecule has 5 aromatic rings. The summed E-state index contributed by atoms with van der Waals surface area (Å²) in [5.41, 5.74) is 4.30. The van der Waals surface area contributed by atoms with Gasteiger partial charge in [-0.05, 0) is 71.7 Å². The maximum Gasteiger partial charge on any atom is 0.338 e. The fourth-order valence-electron chi connectivity index (χ4n) is 5.68. The number of carbonyl (C=O) groups is 1. The third-order valence-corrected chi connectivity index (χ3v) is 8.97. The van der Waals surface area contributed by atoms with E-state index >= 15 is 0 Å². The number of allylic oxidation sites excluding steroid dienone is 1. The van der Waals surface area contributed by atoms with Gasteiger partial charge in [0.25, 0.3) is 5.56 Å². The van der Waals surface area contributed by atoms with Crippen LogP contribution in [0, 0.1) is 0 Å². The van der Waals surface area contributed by atoms with E-state index in [1.807, 2.05) is 85.7 Å². The molecule has 0 saturated heterocycles. The summed E-state index contributed by atoms with van der Waals surface area (Å²) in [5.74, 6) is 0.675. The van der Waals surface area contributed by atoms with E-state index in [1.165, 1.54) is 11.3 Å². The van der Waals surface area contributed by atoms with Gasteiger partial charge in [-0.3, -0.25) is 9.36 Å². The van der Waals surface area contributed by atoms with E-state index in [0.717, 1.165) is 33.2 Å². The first kappa shape index (κ1) is 30.9. The maximum atomic E-state index is 14.0. The molecule has 6 rings (SSSR count). The number of aromatic nitrogens is 1. The van der Waals surface area contributed by atoms with Gasteiger partial charge in [0, 0.05) is 19.8 Å². The van der Waals surface area contributed by atoms with Crippen molar-refractivity contribution in [3.8, 4) is 11.5 Å². The third kappa shape index (κ3) is 5.93. The fourth-order valence-corrected chi connectivity index (χ4v) is 6.73. The second-order valence-corrected chi connectivity index (χ2v) is 12.1. The van der Waals surface area contributed by atoms with Gasteiger partial charge in [0.15, 0.2) is 16.3 Å². The number of carbonyl (C=O) groups excluding carboxylic acids is 1. The van der Waals surface area contributed by atoms with Crippen LogP contribution in [-0.2, 0) is 16.1 Å². The zero-order valence-electron chi connectivity index (χ0n) is 26.4. The highest BCUT2D eigenvalue weighted by atomic mass is 32.1. The highest BCUT2D eigenvalue weighted by Crippen LogP contribution is 2.32. The van der Waals surface area contributed by atoms with Crippen LogP contribution in [0.3, 0.4) is 0 Å². The van der Waals surface area contributed by atoms with Gasteiger partial charge >= 0.3 is 5.97 Å². The number of hydrogen-bond acceptors (Lipinski definition) is 8. The number of methoxy groups -OCH3 is 1. The molecule has 4 aromatic carbocycles. The molecule has 9 heteroatoms. The summed E-state index contributed by atoms with van der Waals surface area (Å²) in [6.45, 7) is 4.15. The average molecular weight is 634 g/mol. The minimum Gasteiger partial charge on any atom is -0.493 e. The van der Waals surface area contributed by atoms with E-state index < -0.39 is 12.0 Å². The maximum absolute atomic E-state index is 14.0. The molecule has 1 aromatic heterocycles. The van der Waals surface area contributed by atoms with Crippen LogP contribution in [-0.4, -0.2) is 38.3 Å². The van der Waals surface area contributed by atoms with Crippen LogP contribution < -0.4 is 29.3 Å². The molecule has 0 amide bonds. The van der Waals surface area contributed by atoms with Crippen LogP contribution in [0.4, 0.5) is 5.69 Å². The molecule has 2 heterocycles. The Morgan fingerprint density at radius 1 is 1.00 bits per heavy atom. The predicted molar refractivity (Wildman–Crippen MR) is 182 cm³/mol. The Labute approximate surface area is 271 Å². The second-order valence-electron chi connectivity index (χ2n) is 11.1. The predicted octanol–water partition coefficient (Wildman–Crippen LogP) is 5.61. The summed E-state index contributed by atoms with van der Waals surface area (Å²) in [6, 6.07) is 27.1. The van der Waals surface area contributed by atoms with Gasteiger partial charge in [-0.1, -0.05) is 72.0 Å². The van der Waals surface area contributed by atoms with Gasteiger partial charge in [-0.15, -0.1) is 0 Å². The number of anilines is 1. The molecule has 1 atom stereocenters. The van der Waals surface area contributed by atoms with Gasteiger partial charge in [-0.25, -0.2) is 9.79 Å². The van der Waals surface area contributed by atoms with Crippen LogP contribution in [0.15, 0.2) is 106 Å². The minimum absolute atomic E-state index is 0.218. The lowest BCUT2D eigenvalue weighted by Gasteiger charge is -2.25. The second kappa shape index (κ2) is 13.1. The smallest absolute Gasteiger partial charge is 0.338 e. The highest BCUT2D eigenvalue weighted by molar-refractivity contribution is 7.07. The summed E-state index contributed by atoms with van der Waals surface area (Å²) >= 11 is 1.28. The van der Waals surface area contributed by atoms with Crippen molar-refractivity contribution in [3.05, 3.63) is 133 Å². The number of nitrogens with zero attached hydrogens (tertiary/aromatic N) is 3. The molecule has 1 unspecified atom stereocenters. The summed E-state index contributed by atoms with van der Waals surface area (Å²) in [5, 5.41) is 2.30. The Morgan fingerprint density at radius 2 is 1.76 bits per heavy atom. The molecule has 0 radical (unpaired) electrons. The molecule has 0 saturated carbocycles. The van der Waals surface area contributed by atoms with Crippen molar-refractivity contribution in [3.63, 3.8) is 0 Å². The standard InChI is InChI=1S/C37H35N3O5S/c1-6-44-36(42)33-23(2)38-37-40(34(33)26-15-17-28(18-16-26)39(3)4)35(41)32(46-37)21-24-14-19-30(31(20-24)43-5)45-22-27-12-9-11-25-10-7-8-13-29(25)27/h7-21,34H,6,22H2,1-5H3/b32-21+. The van der Waals surface area contributed by atoms with Crippen molar-refractivity contribution < 1.29 is 19.0 Å². The number of rotatable bonds is 9. The molecule has 8 nitrogen and oxygen atoms in total. The lowest BCUT2D eigenvalue weighted by Crippen LogP contribution is -2.39. The van der Waals surface area contributed by atoms with Crippen molar-refractivity contribution in [1.82, 2.24) is 4.57 Å². The van der Waals surface area contributed by atoms with E-state index in [4.69, 9.17) is 14.2 Å². The molecular weight excluding hydrogens is 598 g/mol. The number of ether oxygens (including phenoxy) is 3. The van der Waals surface area contributed by atoms with Crippen molar-refractivity contribution in [2.45, 2.75) is 26.5 Å². The first-order valence-electron chi connectivity index (χ1n) is 15.0. The number of esters is 1. The lowest BCUT2D eigenvalue weighted by molar-refractivity contribution is -0.139. The Kier molecular flexibility index (Phi) is 8.76. The summed E-state index contributed by atoms with van der Waals surface area (Å²) in [4.78, 5) is 34.4. The normalized spacial score (nSPS) is 14.5. The van der Waals surface area contributed by atoms with Crippen LogP contribution in [0.1, 0.15) is 36.6 Å². The number of fused-ring (bicyclic) bond motifs is 2. The largest absolute Gasteiger partial charge is 0.493 e. The van der Waals surface area contributed by atoms with Gasteiger partial charge < -0.3 is 19.1 Å². The molecule has 46 heavy (non-hydrogen) atoms. The van der Waals surface area contributed by atoms with Crippen molar-refractivity contribution in [2.24, 2.45) is 4.99 Å². The molecule has 0 spiro atoms. The van der Waals surface area contributed by atoms with Gasteiger partial charge in [0.2, 0.25) is 0 Å². The Morgan fingerprint density at radius 3 is 2.50 bits per heavy atom. The topological polar surface area (TPSA) is 82.4 Å². The molecule has 0 fully saturated rings. The molecule has 1 aliphatic heterocycles. The average Bonchev–Trinajstić information content (AvgIpc) is 3.36. The zero-order chi connectivity index (χ0) is 32.4. The number of thiazole rings is 1. The molecule has 0 N–H and O–H groups in total. The molecule has 1 aliphatic rings. The molecule has 234 valence electrons. The first-order valence-corrected chi connectivity index (χ1v) is 15.8. The van der Waals surface area contributed by atoms with E-state index in [9.17, 15) is 9.59 Å². The molecule has 0 bridgehead atoms. The summed E-state index contributed by atoms with van der Waals surface area (Å²) < 4.78 is 19.4. The first-order chi connectivity index (χ1) is 22.3. The van der Waals surface area contributed by atoms with Crippen molar-refractivity contribution >= 4 is 39.8 Å². The Bertz CT molecular complexity index is 2140. The van der Waals surface area contributed by atoms with Crippen LogP contribution in [0.5, 0.6) is 11.5 Å². The summed E-state index contributed by atoms with van der Waals surface area (Å²) in [6.07, 6.45) is 1.82. The molecular formula is C37H35N3O5S. The highest BCUT2D eigenvalue weighted by Gasteiger charge is 2.33. The van der Waals surface area contributed by atoms with Crippen molar-refractivity contribution in [1.29, 1.82) is 0 Å². The molecule has 0 aliphatic carbocycles. The van der Waals surface area contributed by atoms with Gasteiger partial charge in [-0.2, -0.15) is 0 Å². The van der Waals surface area contributed by atoms with Gasteiger partial charge in [0.1, 0.15) is 6.61 Å². The quantitative estimate of drug-likeness (QED) is 0.197. The minimum atomic E-state index is -0.673. The van der Waals surface area contributed by atoms with Crippen molar-refractivity contribution in [2.75, 3.05) is 32.7 Å². The lowest BCUT2D eigenvalue weighted by atomic mass is 9.95. The zero-order valence-corrected chi connectivity index (χ0v) is 27.3. The Hall–Kier alpha value is -5.15. The summed E-state index contributed by atoms with van der Waals surface area (Å²) in [7, 11) is 5.52. The van der Waals surface area contributed by atoms with E-state index in [1.54, 1.807) is 25.5 Å². The van der Waals surface area contributed by atoms with Gasteiger partial charge in [0.05, 0.1) is 35.6 Å². The number of hydrogen-bond donors (Lipinski definition) is 0. The number of benzene rings is 4. The van der Waals surface area contributed by atoms with Crippen LogP contribution in [0.2, 0.25) is 0 Å². The van der Waals surface area contributed by atoms with E-state index in [2.05, 4.69) is 29.3 Å². The van der Waals surface area contributed by atoms with E-state index in [-0.39, 0.29) is 12.2 Å². The van der Waals surface area contributed by atoms with Crippen LogP contribution in [0.25, 0.3) is 16.8 Å². The SMILES string of the molecule is CCOC(=O)C1=C(C)N=c2s/c(=C/c3ccc(OCc4cccc5ccccc45)c(OC)c3)c(=O)n2C1c1ccc(N(C)C)cc1. The Balaban J connectivity index is 1.36. The monoisotopic (exact) mass is 633 g/mol. The third-order valence-electron chi connectivity index (χ3n) is 7.99. The van der Waals surface area contributed by atoms with E-state index in [0.29, 0.717) is 38.7 Å².